The van der Waals surface area contributed by atoms with E-state index in [0.29, 0.717) is 21.8 Å². The van der Waals surface area contributed by atoms with Gasteiger partial charge in [-0.05, 0) is 50.2 Å². The van der Waals surface area contributed by atoms with Crippen LogP contribution in [0, 0.1) is 13.8 Å². The minimum absolute atomic E-state index is 0.0538. The maximum Gasteiger partial charge on any atom is 0.213 e. The van der Waals surface area contributed by atoms with E-state index in [4.69, 9.17) is 4.98 Å². The molecular weight excluding hydrogens is 477 g/mol. The number of aromatic nitrogens is 2. The van der Waals surface area contributed by atoms with Gasteiger partial charge in [0.25, 0.3) is 0 Å². The fraction of sp³-hybridized carbons (Fsp3) is 0.0833. The Hall–Kier alpha value is -2.78. The summed E-state index contributed by atoms with van der Waals surface area (Å²) in [5, 5.41) is 4.63. The van der Waals surface area contributed by atoms with Crippen LogP contribution in [0.3, 0.4) is 0 Å². The Morgan fingerprint density at radius 1 is 0.625 bits per heavy atom. The number of benzene rings is 1. The van der Waals surface area contributed by atoms with Crippen molar-refractivity contribution in [1.29, 1.82) is 0 Å². The van der Waals surface area contributed by atoms with Crippen LogP contribution in [0.2, 0.25) is 0 Å². The Morgan fingerprint density at radius 2 is 1.22 bits per heavy atom. The van der Waals surface area contributed by atoms with E-state index in [-0.39, 0.29) is 10.9 Å². The van der Waals surface area contributed by atoms with Crippen LogP contribution in [0.4, 0.5) is 0 Å². The second kappa shape index (κ2) is 6.39. The van der Waals surface area contributed by atoms with Crippen LogP contribution in [0.15, 0.2) is 46.0 Å². The molecule has 0 saturated heterocycles. The Morgan fingerprint density at radius 3 is 1.91 bits per heavy atom. The van der Waals surface area contributed by atoms with Gasteiger partial charge in [-0.15, -0.1) is 45.3 Å². The molecule has 0 bridgehead atoms. The van der Waals surface area contributed by atoms with Crippen LogP contribution >= 0.6 is 45.3 Å². The van der Waals surface area contributed by atoms with Gasteiger partial charge >= 0.3 is 0 Å². The molecule has 0 spiro atoms. The van der Waals surface area contributed by atoms with Gasteiger partial charge < -0.3 is 0 Å². The smallest absolute Gasteiger partial charge is 0.213 e. The van der Waals surface area contributed by atoms with E-state index in [1.165, 1.54) is 37.3 Å². The van der Waals surface area contributed by atoms with E-state index in [1.807, 2.05) is 19.1 Å². The molecular formula is C24H12N2O2S4. The predicted molar refractivity (Wildman–Crippen MR) is 139 cm³/mol. The lowest BCUT2D eigenvalue weighted by Crippen LogP contribution is -1.96. The average Bonchev–Trinajstić information content (AvgIpc) is 3.58. The number of rotatable bonds is 2. The molecule has 0 unspecified atom stereocenters. The third-order valence-corrected chi connectivity index (χ3v) is 10.3. The molecule has 3 aromatic carbocycles. The highest BCUT2D eigenvalue weighted by molar-refractivity contribution is 7.28. The lowest BCUT2D eigenvalue weighted by molar-refractivity contribution is 1.34. The quantitative estimate of drug-likeness (QED) is 0.266. The largest absolute Gasteiger partial charge is 0.287 e. The Balaban J connectivity index is 1.44. The van der Waals surface area contributed by atoms with Gasteiger partial charge in [0.1, 0.15) is 16.0 Å². The van der Waals surface area contributed by atoms with E-state index in [9.17, 15) is 9.59 Å². The maximum absolute atomic E-state index is 13.2. The molecule has 0 aliphatic carbocycles. The van der Waals surface area contributed by atoms with Gasteiger partial charge in [-0.3, -0.25) is 9.59 Å². The van der Waals surface area contributed by atoms with Crippen LogP contribution in [0.5, 0.6) is 0 Å². The zero-order valence-electron chi connectivity index (χ0n) is 16.8. The Labute approximate surface area is 196 Å². The van der Waals surface area contributed by atoms with Gasteiger partial charge in [0.2, 0.25) is 10.9 Å². The van der Waals surface area contributed by atoms with Crippen molar-refractivity contribution in [3.05, 3.63) is 66.7 Å². The fourth-order valence-electron chi connectivity index (χ4n) is 4.28. The van der Waals surface area contributed by atoms with Crippen molar-refractivity contribution in [3.8, 4) is 19.6 Å². The van der Waals surface area contributed by atoms with Gasteiger partial charge in [0.15, 0.2) is 0 Å². The van der Waals surface area contributed by atoms with Crippen LogP contribution in [-0.2, 0) is 0 Å². The van der Waals surface area contributed by atoms with Crippen LogP contribution in [-0.4, -0.2) is 9.97 Å². The number of aryl methyl sites for hydroxylation is 2. The summed E-state index contributed by atoms with van der Waals surface area (Å²) < 4.78 is 1.73. The summed E-state index contributed by atoms with van der Waals surface area (Å²) in [5.41, 5.74) is 0.896. The van der Waals surface area contributed by atoms with Crippen molar-refractivity contribution in [1.82, 2.24) is 9.97 Å². The third-order valence-electron chi connectivity index (χ3n) is 5.73. The first-order valence-electron chi connectivity index (χ1n) is 9.91. The molecule has 4 aromatic heterocycles. The minimum atomic E-state index is -0.0619. The molecule has 0 atom stereocenters. The minimum Gasteiger partial charge on any atom is -0.287 e. The molecule has 0 radical (unpaired) electrons. The summed E-state index contributed by atoms with van der Waals surface area (Å²) in [6, 6.07) is 12.2. The average molecular weight is 489 g/mol. The van der Waals surface area contributed by atoms with Crippen molar-refractivity contribution in [2.24, 2.45) is 0 Å². The Bertz CT molecular complexity index is 1960. The molecule has 0 aliphatic rings. The molecule has 154 valence electrons. The second-order valence-electron chi connectivity index (χ2n) is 7.78. The monoisotopic (exact) mass is 488 g/mol. The summed E-state index contributed by atoms with van der Waals surface area (Å²) in [5.74, 6) is 0. The van der Waals surface area contributed by atoms with Crippen molar-refractivity contribution >= 4 is 87.3 Å². The zero-order valence-corrected chi connectivity index (χ0v) is 20.1. The van der Waals surface area contributed by atoms with E-state index >= 15 is 0 Å². The standard InChI is InChI=1S/C24H12N2O2S4/c1-9-3-4-15(29-9)16-5-6-17(31-16)24-26-19-21(28)12-7-13-11(8-14(12)23(19)32-24)20(27)18-22(13)30-10(2)25-18/h3-8H,1-2H3. The predicted octanol–water partition coefficient (Wildman–Crippen LogP) is 6.88. The first-order valence-corrected chi connectivity index (χ1v) is 13.2. The van der Waals surface area contributed by atoms with Crippen LogP contribution in [0.1, 0.15) is 9.88 Å². The van der Waals surface area contributed by atoms with Gasteiger partial charge in [-0.25, -0.2) is 9.97 Å². The molecule has 7 aromatic rings. The molecule has 4 nitrogen and oxygen atoms in total. The summed E-state index contributed by atoms with van der Waals surface area (Å²) >= 11 is 6.50. The molecule has 0 aliphatic heterocycles. The number of fused-ring (bicyclic) bond motifs is 6. The van der Waals surface area contributed by atoms with Gasteiger partial charge in [-0.2, -0.15) is 0 Å². The van der Waals surface area contributed by atoms with Crippen molar-refractivity contribution in [2.45, 2.75) is 13.8 Å². The van der Waals surface area contributed by atoms with E-state index < -0.39 is 0 Å². The highest BCUT2D eigenvalue weighted by atomic mass is 32.1. The third kappa shape index (κ3) is 2.46. The summed E-state index contributed by atoms with van der Waals surface area (Å²) in [6.07, 6.45) is 0. The number of thiophene rings is 2. The van der Waals surface area contributed by atoms with E-state index in [1.54, 1.807) is 22.7 Å². The number of thiazole rings is 2. The second-order valence-corrected chi connectivity index (χ2v) is 12.4. The normalized spacial score (nSPS) is 12.3. The molecule has 4 heterocycles. The highest BCUT2D eigenvalue weighted by Crippen LogP contribution is 2.42. The Kier molecular flexibility index (Phi) is 3.74. The summed E-state index contributed by atoms with van der Waals surface area (Å²) in [4.78, 5) is 40.0. The highest BCUT2D eigenvalue weighted by Gasteiger charge is 2.21. The maximum atomic E-state index is 13.2. The summed E-state index contributed by atoms with van der Waals surface area (Å²) in [6.45, 7) is 4.00. The van der Waals surface area contributed by atoms with Crippen molar-refractivity contribution < 1.29 is 0 Å². The number of hydrogen-bond acceptors (Lipinski definition) is 8. The van der Waals surface area contributed by atoms with Gasteiger partial charge in [-0.1, -0.05) is 0 Å². The first kappa shape index (κ1) is 18.8. The van der Waals surface area contributed by atoms with Gasteiger partial charge in [0, 0.05) is 36.2 Å². The molecule has 0 N–H and O–H groups in total. The summed E-state index contributed by atoms with van der Waals surface area (Å²) in [7, 11) is 0. The lowest BCUT2D eigenvalue weighted by atomic mass is 10.1. The molecule has 7 rings (SSSR count). The molecule has 0 saturated carbocycles. The number of nitrogens with zero attached hydrogens (tertiary/aromatic N) is 2. The SMILES string of the molecule is Cc1ccc(-c2ccc(-c3nc4c(=O)c5cc6c(cc5c4s3)c(=O)c3nc(C)sc36)s2)s1. The van der Waals surface area contributed by atoms with Crippen LogP contribution in [0.25, 0.3) is 61.6 Å². The molecule has 8 heteroatoms. The first-order chi connectivity index (χ1) is 15.5. The van der Waals surface area contributed by atoms with Crippen molar-refractivity contribution in [3.63, 3.8) is 0 Å². The zero-order chi connectivity index (χ0) is 21.7. The molecule has 0 fully saturated rings. The lowest BCUT2D eigenvalue weighted by Gasteiger charge is -1.93. The van der Waals surface area contributed by atoms with Crippen LogP contribution < -0.4 is 10.9 Å². The molecule has 0 amide bonds. The fourth-order valence-corrected chi connectivity index (χ4v) is 8.34. The van der Waals surface area contributed by atoms with E-state index in [2.05, 4.69) is 36.2 Å². The number of hydrogen-bond donors (Lipinski definition) is 0. The molecule has 32 heavy (non-hydrogen) atoms. The van der Waals surface area contributed by atoms with Crippen molar-refractivity contribution in [2.75, 3.05) is 0 Å². The van der Waals surface area contributed by atoms with Gasteiger partial charge in [0.05, 0.1) is 19.3 Å². The van der Waals surface area contributed by atoms with E-state index in [0.717, 1.165) is 35.1 Å². The topological polar surface area (TPSA) is 59.9 Å².